The number of nitrogen functional groups attached to an aromatic ring is 1. The largest absolute Gasteiger partial charge is 0.368 e. The van der Waals surface area contributed by atoms with E-state index in [2.05, 4.69) is 25.6 Å². The SMILES string of the molecule is Cc1ccc(Nc2nc(N)nc(CS[C@@H](C)C(=O)Nc3ccccc3)n2)cc1. The number of hydrogen-bond donors (Lipinski definition) is 3. The first-order chi connectivity index (χ1) is 13.5. The Bertz CT molecular complexity index is 933. The molecular weight excluding hydrogens is 372 g/mol. The number of nitrogens with zero attached hydrogens (tertiary/aromatic N) is 3. The standard InChI is InChI=1S/C20H22N6OS/c1-13-8-10-16(11-9-13)23-20-25-17(24-19(21)26-20)12-28-14(2)18(27)22-15-6-4-3-5-7-15/h3-11,14H,12H2,1-2H3,(H,22,27)(H3,21,23,24,25,26)/t14-/m0/s1. The van der Waals surface area contributed by atoms with Crippen LogP contribution in [0.3, 0.4) is 0 Å². The Morgan fingerprint density at radius 3 is 2.46 bits per heavy atom. The second-order valence-corrected chi connectivity index (χ2v) is 7.56. The number of benzene rings is 2. The number of anilines is 4. The normalized spacial score (nSPS) is 11.6. The summed E-state index contributed by atoms with van der Waals surface area (Å²) in [5.74, 6) is 1.41. The Morgan fingerprint density at radius 1 is 1.04 bits per heavy atom. The lowest BCUT2D eigenvalue weighted by atomic mass is 10.2. The maximum atomic E-state index is 12.3. The van der Waals surface area contributed by atoms with Gasteiger partial charge in [0.2, 0.25) is 17.8 Å². The predicted octanol–water partition coefficient (Wildman–Crippen LogP) is 3.77. The predicted molar refractivity (Wildman–Crippen MR) is 115 cm³/mol. The molecule has 0 fully saturated rings. The molecule has 0 saturated heterocycles. The first-order valence-corrected chi connectivity index (χ1v) is 9.86. The summed E-state index contributed by atoms with van der Waals surface area (Å²) in [6, 6.07) is 17.2. The molecule has 0 saturated carbocycles. The molecule has 0 radical (unpaired) electrons. The van der Waals surface area contributed by atoms with Gasteiger partial charge in [-0.2, -0.15) is 15.0 Å². The molecule has 28 heavy (non-hydrogen) atoms. The van der Waals surface area contributed by atoms with Crippen molar-refractivity contribution in [3.05, 3.63) is 66.0 Å². The molecule has 1 amide bonds. The summed E-state index contributed by atoms with van der Waals surface area (Å²) in [5.41, 5.74) is 8.62. The van der Waals surface area contributed by atoms with Crippen LogP contribution < -0.4 is 16.4 Å². The first kappa shape index (κ1) is 19.6. The molecule has 1 atom stereocenters. The summed E-state index contributed by atoms with van der Waals surface area (Å²) in [7, 11) is 0. The van der Waals surface area contributed by atoms with Crippen molar-refractivity contribution in [2.45, 2.75) is 24.9 Å². The van der Waals surface area contributed by atoms with Gasteiger partial charge in [0.25, 0.3) is 0 Å². The Morgan fingerprint density at radius 2 is 1.75 bits per heavy atom. The third kappa shape index (κ3) is 5.68. The second kappa shape index (κ2) is 9.18. The summed E-state index contributed by atoms with van der Waals surface area (Å²) >= 11 is 1.43. The molecule has 7 nitrogen and oxygen atoms in total. The number of amides is 1. The topological polar surface area (TPSA) is 106 Å². The minimum atomic E-state index is -0.272. The fourth-order valence-electron chi connectivity index (χ4n) is 2.37. The van der Waals surface area contributed by atoms with Crippen LogP contribution in [0.1, 0.15) is 18.3 Å². The van der Waals surface area contributed by atoms with Crippen LogP contribution in [0, 0.1) is 6.92 Å². The minimum Gasteiger partial charge on any atom is -0.368 e. The van der Waals surface area contributed by atoms with Crippen molar-refractivity contribution in [1.82, 2.24) is 15.0 Å². The summed E-state index contributed by atoms with van der Waals surface area (Å²) in [4.78, 5) is 25.0. The van der Waals surface area contributed by atoms with Crippen LogP contribution in [0.15, 0.2) is 54.6 Å². The lowest BCUT2D eigenvalue weighted by Gasteiger charge is -2.12. The third-order valence-corrected chi connectivity index (χ3v) is 5.02. The Hall–Kier alpha value is -3.13. The van der Waals surface area contributed by atoms with Gasteiger partial charge in [-0.3, -0.25) is 4.79 Å². The van der Waals surface area contributed by atoms with Crippen LogP contribution in [0.25, 0.3) is 0 Å². The number of carbonyl (C=O) groups excluding carboxylic acids is 1. The molecule has 1 aromatic heterocycles. The monoisotopic (exact) mass is 394 g/mol. The van der Waals surface area contributed by atoms with Gasteiger partial charge in [-0.15, -0.1) is 11.8 Å². The lowest BCUT2D eigenvalue weighted by Crippen LogP contribution is -2.22. The Kier molecular flexibility index (Phi) is 6.44. The summed E-state index contributed by atoms with van der Waals surface area (Å²) in [5, 5.41) is 5.74. The van der Waals surface area contributed by atoms with E-state index in [0.29, 0.717) is 17.5 Å². The highest BCUT2D eigenvalue weighted by atomic mass is 32.2. The van der Waals surface area contributed by atoms with Crippen molar-refractivity contribution in [2.24, 2.45) is 0 Å². The quantitative estimate of drug-likeness (QED) is 0.560. The highest BCUT2D eigenvalue weighted by Crippen LogP contribution is 2.20. The molecule has 0 aliphatic heterocycles. The average molecular weight is 395 g/mol. The maximum absolute atomic E-state index is 12.3. The van der Waals surface area contributed by atoms with E-state index in [0.717, 1.165) is 11.4 Å². The number of aromatic nitrogens is 3. The van der Waals surface area contributed by atoms with Crippen molar-refractivity contribution < 1.29 is 4.79 Å². The molecule has 1 heterocycles. The number of thioether (sulfide) groups is 1. The van der Waals surface area contributed by atoms with Crippen LogP contribution in [-0.4, -0.2) is 26.1 Å². The van der Waals surface area contributed by atoms with Gasteiger partial charge >= 0.3 is 0 Å². The van der Waals surface area contributed by atoms with Crippen molar-refractivity contribution in [1.29, 1.82) is 0 Å². The number of hydrogen-bond acceptors (Lipinski definition) is 7. The van der Waals surface area contributed by atoms with Crippen LogP contribution in [0.4, 0.5) is 23.3 Å². The highest BCUT2D eigenvalue weighted by molar-refractivity contribution is 7.99. The minimum absolute atomic E-state index is 0.0729. The molecule has 3 rings (SSSR count). The van der Waals surface area contributed by atoms with E-state index in [1.165, 1.54) is 17.3 Å². The Labute approximate surface area is 168 Å². The zero-order chi connectivity index (χ0) is 19.9. The van der Waals surface area contributed by atoms with Gasteiger partial charge in [0, 0.05) is 11.4 Å². The Balaban J connectivity index is 1.59. The molecule has 0 aliphatic rings. The van der Waals surface area contributed by atoms with Crippen molar-refractivity contribution in [3.63, 3.8) is 0 Å². The molecule has 0 aliphatic carbocycles. The van der Waals surface area contributed by atoms with Gasteiger partial charge in [0.1, 0.15) is 5.82 Å². The van der Waals surface area contributed by atoms with Gasteiger partial charge < -0.3 is 16.4 Å². The van der Waals surface area contributed by atoms with Crippen LogP contribution in [-0.2, 0) is 10.5 Å². The molecule has 0 bridgehead atoms. The van der Waals surface area contributed by atoms with Crippen LogP contribution in [0.2, 0.25) is 0 Å². The van der Waals surface area contributed by atoms with Gasteiger partial charge in [-0.25, -0.2) is 0 Å². The van der Waals surface area contributed by atoms with E-state index in [-0.39, 0.29) is 17.1 Å². The van der Waals surface area contributed by atoms with E-state index in [1.54, 1.807) is 0 Å². The molecule has 3 aromatic rings. The van der Waals surface area contributed by atoms with Crippen LogP contribution >= 0.6 is 11.8 Å². The fraction of sp³-hybridized carbons (Fsp3) is 0.200. The molecule has 144 valence electrons. The van der Waals surface area contributed by atoms with Crippen molar-refractivity contribution >= 4 is 40.9 Å². The van der Waals surface area contributed by atoms with Gasteiger partial charge in [0.05, 0.1) is 11.0 Å². The average Bonchev–Trinajstić information content (AvgIpc) is 2.68. The molecule has 0 spiro atoms. The van der Waals surface area contributed by atoms with Gasteiger partial charge in [-0.05, 0) is 38.1 Å². The number of nitrogens with two attached hydrogens (primary N) is 1. The number of nitrogens with one attached hydrogen (secondary N) is 2. The molecule has 8 heteroatoms. The molecular formula is C20H22N6OS. The summed E-state index contributed by atoms with van der Waals surface area (Å²) < 4.78 is 0. The number of para-hydroxylation sites is 1. The maximum Gasteiger partial charge on any atom is 0.237 e. The fourth-order valence-corrected chi connectivity index (χ4v) is 3.10. The third-order valence-electron chi connectivity index (χ3n) is 3.88. The van der Waals surface area contributed by atoms with Gasteiger partial charge in [-0.1, -0.05) is 35.9 Å². The van der Waals surface area contributed by atoms with Crippen molar-refractivity contribution in [3.8, 4) is 0 Å². The highest BCUT2D eigenvalue weighted by Gasteiger charge is 2.15. The molecule has 4 N–H and O–H groups in total. The zero-order valence-electron chi connectivity index (χ0n) is 15.7. The zero-order valence-corrected chi connectivity index (χ0v) is 16.5. The molecule has 0 unspecified atom stereocenters. The number of aryl methyl sites for hydroxylation is 1. The van der Waals surface area contributed by atoms with Gasteiger partial charge in [0.15, 0.2) is 0 Å². The smallest absolute Gasteiger partial charge is 0.237 e. The van der Waals surface area contributed by atoms with E-state index in [9.17, 15) is 4.79 Å². The summed E-state index contributed by atoms with van der Waals surface area (Å²) in [6.07, 6.45) is 0. The second-order valence-electron chi connectivity index (χ2n) is 6.23. The van der Waals surface area contributed by atoms with Crippen LogP contribution in [0.5, 0.6) is 0 Å². The lowest BCUT2D eigenvalue weighted by molar-refractivity contribution is -0.115. The van der Waals surface area contributed by atoms with E-state index in [1.807, 2.05) is 68.4 Å². The van der Waals surface area contributed by atoms with Crippen molar-refractivity contribution in [2.75, 3.05) is 16.4 Å². The van der Waals surface area contributed by atoms with E-state index >= 15 is 0 Å². The number of carbonyl (C=O) groups is 1. The molecule has 2 aromatic carbocycles. The van der Waals surface area contributed by atoms with E-state index < -0.39 is 0 Å². The number of rotatable bonds is 7. The summed E-state index contributed by atoms with van der Waals surface area (Å²) in [6.45, 7) is 3.87. The first-order valence-electron chi connectivity index (χ1n) is 8.81. The van der Waals surface area contributed by atoms with E-state index in [4.69, 9.17) is 5.73 Å².